The molecular weight excluding hydrogens is 645 g/mol. The van der Waals surface area contributed by atoms with E-state index in [-0.39, 0.29) is 47.6 Å². The summed E-state index contributed by atoms with van der Waals surface area (Å²) in [6.07, 6.45) is 2.18. The Hall–Kier alpha value is -2.66. The number of Topliss-reactive ketones (excluding diaryl/α,β-unsaturated/α-hetero) is 1. The van der Waals surface area contributed by atoms with Crippen molar-refractivity contribution in [1.82, 2.24) is 10.6 Å². The summed E-state index contributed by atoms with van der Waals surface area (Å²) in [5, 5.41) is 9.83. The van der Waals surface area contributed by atoms with E-state index < -0.39 is 60.3 Å². The fourth-order valence-corrected chi connectivity index (χ4v) is 9.59. The molecule has 3 fully saturated rings. The second-order valence-electron chi connectivity index (χ2n) is 13.4. The number of rotatable bonds is 11. The van der Waals surface area contributed by atoms with Gasteiger partial charge in [-0.2, -0.15) is 0 Å². The molecule has 1 amide bonds. The van der Waals surface area contributed by atoms with E-state index in [1.807, 2.05) is 6.07 Å². The van der Waals surface area contributed by atoms with Crippen molar-refractivity contribution in [3.8, 4) is 0 Å². The van der Waals surface area contributed by atoms with Crippen LogP contribution in [0.3, 0.4) is 0 Å². The zero-order valence-corrected chi connectivity index (χ0v) is 26.6. The van der Waals surface area contributed by atoms with Crippen LogP contribution in [0.5, 0.6) is 0 Å². The smallest absolute Gasteiger partial charge is 0.249 e. The summed E-state index contributed by atoms with van der Waals surface area (Å²) in [7, 11) is 0. The lowest BCUT2D eigenvalue weighted by atomic mass is 9.52. The number of anilines is 1. The van der Waals surface area contributed by atoms with Gasteiger partial charge in [0.15, 0.2) is 5.78 Å². The van der Waals surface area contributed by atoms with Crippen molar-refractivity contribution in [3.05, 3.63) is 74.7 Å². The standard InChI is InChI=1S/C34H35Cl2F4N3O3/c35-19-8-9-20-23(13-19)42-30-28-32(16-38,17-39)15-33(28)27(20)34(30,21-4-2-5-22(36)26(21)40)29(43-33)24(44)6-1-3-18-7-10-25(46-14-18)31(45)41-12-11-37/h2,4-5,8-9,13,18,25,27,29,42-43H,1,3,6-7,10-12,14-17H2,(H,41,45)/t18-,25+,27+,29+,33?,34+/m1/s1. The highest BCUT2D eigenvalue weighted by Gasteiger charge is 2.82. The summed E-state index contributed by atoms with van der Waals surface area (Å²) in [5.74, 6) is -1.49. The van der Waals surface area contributed by atoms with Gasteiger partial charge in [0.05, 0.1) is 34.0 Å². The fourth-order valence-electron chi connectivity index (χ4n) is 9.24. The van der Waals surface area contributed by atoms with Crippen LogP contribution in [0.15, 0.2) is 47.7 Å². The number of nitrogens with one attached hydrogen (secondary N) is 3. The van der Waals surface area contributed by atoms with Crippen LogP contribution in [0.2, 0.25) is 10.0 Å². The summed E-state index contributed by atoms with van der Waals surface area (Å²) in [5.41, 5.74) is -0.997. The first-order valence-corrected chi connectivity index (χ1v) is 16.6. The SMILES string of the molecule is O=C(NCCF)[C@@H]1CC[C@@H](CCCC(=O)[C@@H]2NC34CC(CF)(CF)C3=C3Nc5cc(Cl)ccc5[C@@H]4[C@]32c2cccc(Cl)c2F)CO1. The highest BCUT2D eigenvalue weighted by atomic mass is 35.5. The molecule has 246 valence electrons. The quantitative estimate of drug-likeness (QED) is 0.236. The molecular formula is C34H35Cl2F4N3O3. The summed E-state index contributed by atoms with van der Waals surface area (Å²) in [4.78, 5) is 26.4. The highest BCUT2D eigenvalue weighted by Crippen LogP contribution is 2.78. The van der Waals surface area contributed by atoms with Gasteiger partial charge in [-0.1, -0.05) is 41.4 Å². The molecule has 4 bridgehead atoms. The van der Waals surface area contributed by atoms with Crippen LogP contribution in [0.4, 0.5) is 23.2 Å². The van der Waals surface area contributed by atoms with Crippen molar-refractivity contribution >= 4 is 40.6 Å². The number of ether oxygens (including phenoxy) is 1. The van der Waals surface area contributed by atoms with Crippen LogP contribution in [0.1, 0.15) is 55.6 Å². The van der Waals surface area contributed by atoms with Gasteiger partial charge in [-0.3, -0.25) is 23.7 Å². The molecule has 0 radical (unpaired) electrons. The third-order valence-corrected chi connectivity index (χ3v) is 11.5. The van der Waals surface area contributed by atoms with Crippen molar-refractivity contribution in [2.45, 2.75) is 67.5 Å². The minimum absolute atomic E-state index is 0.0437. The maximum absolute atomic E-state index is 16.2. The predicted molar refractivity (Wildman–Crippen MR) is 167 cm³/mol. The second-order valence-corrected chi connectivity index (χ2v) is 14.2. The molecule has 3 aliphatic heterocycles. The third-order valence-electron chi connectivity index (χ3n) is 11.0. The molecule has 1 unspecified atom stereocenters. The van der Waals surface area contributed by atoms with Gasteiger partial charge < -0.3 is 15.4 Å². The summed E-state index contributed by atoms with van der Waals surface area (Å²) >= 11 is 12.7. The van der Waals surface area contributed by atoms with E-state index >= 15 is 4.39 Å². The van der Waals surface area contributed by atoms with Crippen LogP contribution in [0.25, 0.3) is 0 Å². The van der Waals surface area contributed by atoms with Gasteiger partial charge in [-0.25, -0.2) is 8.78 Å². The Balaban J connectivity index is 1.20. The Labute approximate surface area is 274 Å². The van der Waals surface area contributed by atoms with Crippen molar-refractivity contribution in [2.75, 3.05) is 38.5 Å². The molecule has 1 saturated carbocycles. The lowest BCUT2D eigenvalue weighted by Gasteiger charge is -2.56. The molecule has 7 rings (SSSR count). The molecule has 5 aliphatic rings. The lowest BCUT2D eigenvalue weighted by Crippen LogP contribution is -2.66. The monoisotopic (exact) mass is 679 g/mol. The van der Waals surface area contributed by atoms with E-state index in [1.165, 1.54) is 6.07 Å². The Bertz CT molecular complexity index is 1610. The first-order valence-electron chi connectivity index (χ1n) is 15.8. The van der Waals surface area contributed by atoms with E-state index in [1.54, 1.807) is 24.3 Å². The van der Waals surface area contributed by atoms with Crippen molar-refractivity contribution in [1.29, 1.82) is 0 Å². The Morgan fingerprint density at radius 3 is 2.61 bits per heavy atom. The van der Waals surface area contributed by atoms with Gasteiger partial charge >= 0.3 is 0 Å². The number of carbonyl (C=O) groups is 2. The molecule has 6 nitrogen and oxygen atoms in total. The topological polar surface area (TPSA) is 79.5 Å². The van der Waals surface area contributed by atoms with Crippen LogP contribution in [-0.2, 0) is 19.7 Å². The third kappa shape index (κ3) is 4.42. The number of benzene rings is 2. The molecule has 3 heterocycles. The zero-order chi connectivity index (χ0) is 32.4. The molecule has 3 N–H and O–H groups in total. The zero-order valence-electron chi connectivity index (χ0n) is 25.0. The number of fused-ring (bicyclic) bond motifs is 1. The summed E-state index contributed by atoms with van der Waals surface area (Å²) in [6.45, 7) is -2.17. The maximum Gasteiger partial charge on any atom is 0.249 e. The van der Waals surface area contributed by atoms with E-state index in [2.05, 4.69) is 16.0 Å². The van der Waals surface area contributed by atoms with Gasteiger partial charge in [-0.15, -0.1) is 0 Å². The molecule has 2 aromatic carbocycles. The molecule has 2 aromatic rings. The van der Waals surface area contributed by atoms with Gasteiger partial charge in [0, 0.05) is 40.9 Å². The van der Waals surface area contributed by atoms with E-state index in [9.17, 15) is 22.8 Å². The molecule has 12 heteroatoms. The number of ketones is 1. The summed E-state index contributed by atoms with van der Waals surface area (Å²) < 4.78 is 63.8. The van der Waals surface area contributed by atoms with Gasteiger partial charge in [0.2, 0.25) is 5.91 Å². The summed E-state index contributed by atoms with van der Waals surface area (Å²) in [6, 6.07) is 9.15. The van der Waals surface area contributed by atoms with Gasteiger partial charge in [0.25, 0.3) is 0 Å². The molecule has 1 spiro atoms. The average Bonchev–Trinajstić information content (AvgIpc) is 3.42. The largest absolute Gasteiger partial charge is 0.368 e. The van der Waals surface area contributed by atoms with Gasteiger partial charge in [-0.05, 0) is 67.4 Å². The van der Waals surface area contributed by atoms with Gasteiger partial charge in [0.1, 0.15) is 31.9 Å². The number of hydrogen-bond donors (Lipinski definition) is 3. The van der Waals surface area contributed by atoms with Crippen LogP contribution in [-0.4, -0.2) is 62.6 Å². The lowest BCUT2D eigenvalue weighted by molar-refractivity contribution is -0.137. The highest BCUT2D eigenvalue weighted by molar-refractivity contribution is 6.31. The van der Waals surface area contributed by atoms with Crippen LogP contribution < -0.4 is 16.0 Å². The van der Waals surface area contributed by atoms with Crippen molar-refractivity contribution in [3.63, 3.8) is 0 Å². The number of halogens is 6. The van der Waals surface area contributed by atoms with E-state index in [0.29, 0.717) is 47.8 Å². The number of hydrogen-bond acceptors (Lipinski definition) is 5. The van der Waals surface area contributed by atoms with Crippen molar-refractivity contribution < 1.29 is 31.9 Å². The molecule has 2 saturated heterocycles. The average molecular weight is 681 g/mol. The molecule has 46 heavy (non-hydrogen) atoms. The molecule has 2 aliphatic carbocycles. The van der Waals surface area contributed by atoms with E-state index in [0.717, 1.165) is 12.0 Å². The molecule has 6 atom stereocenters. The van der Waals surface area contributed by atoms with E-state index in [4.69, 9.17) is 27.9 Å². The Kier molecular flexibility index (Phi) is 8.18. The number of amides is 1. The first kappa shape index (κ1) is 31.9. The van der Waals surface area contributed by atoms with Crippen molar-refractivity contribution in [2.24, 2.45) is 11.3 Å². The van der Waals surface area contributed by atoms with Crippen LogP contribution >= 0.6 is 23.2 Å². The Morgan fingerprint density at radius 2 is 1.89 bits per heavy atom. The molecule has 0 aromatic heterocycles. The predicted octanol–water partition coefficient (Wildman–Crippen LogP) is 6.51. The first-order chi connectivity index (χ1) is 22.2. The number of alkyl halides is 3. The maximum atomic E-state index is 16.2. The minimum atomic E-state index is -1.38. The Morgan fingerprint density at radius 1 is 1.09 bits per heavy atom. The minimum Gasteiger partial charge on any atom is -0.368 e. The second kappa shape index (κ2) is 11.8. The van der Waals surface area contributed by atoms with Crippen LogP contribution in [0, 0.1) is 17.2 Å². The normalized spacial score (nSPS) is 31.5. The number of carbonyl (C=O) groups excluding carboxylic acids is 2. The fraction of sp³-hybridized carbons (Fsp3) is 0.529.